The third kappa shape index (κ3) is 7.01. The van der Waals surface area contributed by atoms with Crippen molar-refractivity contribution in [3.05, 3.63) is 77.8 Å². The molecule has 3 rings (SSSR count). The van der Waals surface area contributed by atoms with Crippen LogP contribution in [0.5, 0.6) is 17.2 Å². The van der Waals surface area contributed by atoms with Gasteiger partial charge in [-0.15, -0.1) is 0 Å². The number of hydrogen-bond donors (Lipinski definition) is 2. The summed E-state index contributed by atoms with van der Waals surface area (Å²) in [5.41, 5.74) is 1.10. The van der Waals surface area contributed by atoms with E-state index in [0.717, 1.165) is 0 Å². The molecule has 0 aromatic heterocycles. The van der Waals surface area contributed by atoms with Gasteiger partial charge < -0.3 is 20.1 Å². The SMILES string of the molecule is COc1ccc(NC(=O)CN(C)CC(=O)Nc2cc(Cl)ccc2Oc2ccccc2)cc1. The smallest absolute Gasteiger partial charge is 0.238 e. The van der Waals surface area contributed by atoms with Gasteiger partial charge in [-0.25, -0.2) is 0 Å². The van der Waals surface area contributed by atoms with E-state index in [-0.39, 0.29) is 24.9 Å². The van der Waals surface area contributed by atoms with Crippen molar-refractivity contribution < 1.29 is 19.1 Å². The van der Waals surface area contributed by atoms with Gasteiger partial charge in [0.15, 0.2) is 5.75 Å². The maximum atomic E-state index is 12.6. The Morgan fingerprint density at radius 3 is 2.19 bits per heavy atom. The van der Waals surface area contributed by atoms with Gasteiger partial charge >= 0.3 is 0 Å². The van der Waals surface area contributed by atoms with E-state index in [1.165, 1.54) is 0 Å². The van der Waals surface area contributed by atoms with Crippen LogP contribution in [0.2, 0.25) is 5.02 Å². The molecule has 166 valence electrons. The number of hydrogen-bond acceptors (Lipinski definition) is 5. The summed E-state index contributed by atoms with van der Waals surface area (Å²) in [6.45, 7) is 0.0513. The molecule has 0 spiro atoms. The number of benzene rings is 3. The van der Waals surface area contributed by atoms with Gasteiger partial charge in [-0.2, -0.15) is 0 Å². The summed E-state index contributed by atoms with van der Waals surface area (Å²) < 4.78 is 11.0. The van der Waals surface area contributed by atoms with E-state index in [1.54, 1.807) is 61.5 Å². The van der Waals surface area contributed by atoms with Crippen LogP contribution in [-0.2, 0) is 9.59 Å². The molecular weight excluding hydrogens is 430 g/mol. The third-order valence-electron chi connectivity index (χ3n) is 4.39. The van der Waals surface area contributed by atoms with Crippen molar-refractivity contribution >= 4 is 34.8 Å². The molecule has 0 saturated carbocycles. The molecule has 0 unspecified atom stereocenters. The molecule has 0 radical (unpaired) electrons. The zero-order valence-corrected chi connectivity index (χ0v) is 18.6. The highest BCUT2D eigenvalue weighted by atomic mass is 35.5. The quantitative estimate of drug-likeness (QED) is 0.493. The first-order valence-corrected chi connectivity index (χ1v) is 10.3. The van der Waals surface area contributed by atoms with Gasteiger partial charge in [0.05, 0.1) is 25.9 Å². The highest BCUT2D eigenvalue weighted by Gasteiger charge is 2.14. The molecule has 0 heterocycles. The minimum atomic E-state index is -0.301. The number of carbonyl (C=O) groups excluding carboxylic acids is 2. The molecule has 32 heavy (non-hydrogen) atoms. The molecule has 2 N–H and O–H groups in total. The van der Waals surface area contributed by atoms with E-state index >= 15 is 0 Å². The second kappa shape index (κ2) is 11.2. The Morgan fingerprint density at radius 2 is 1.53 bits per heavy atom. The molecule has 0 aliphatic heterocycles. The number of methoxy groups -OCH3 is 1. The van der Waals surface area contributed by atoms with Crippen LogP contribution in [0.4, 0.5) is 11.4 Å². The van der Waals surface area contributed by atoms with Gasteiger partial charge in [-0.3, -0.25) is 14.5 Å². The number of carbonyl (C=O) groups is 2. The molecule has 3 aromatic carbocycles. The Hall–Kier alpha value is -3.55. The van der Waals surface area contributed by atoms with Gasteiger partial charge in [0.1, 0.15) is 11.5 Å². The van der Waals surface area contributed by atoms with Crippen LogP contribution in [0.15, 0.2) is 72.8 Å². The summed E-state index contributed by atoms with van der Waals surface area (Å²) in [5, 5.41) is 6.05. The number of anilines is 2. The number of likely N-dealkylation sites (N-methyl/N-ethyl adjacent to an activating group) is 1. The van der Waals surface area contributed by atoms with Crippen molar-refractivity contribution in [3.63, 3.8) is 0 Å². The lowest BCUT2D eigenvalue weighted by atomic mass is 10.2. The molecule has 0 saturated heterocycles. The summed E-state index contributed by atoms with van der Waals surface area (Å²) in [5.74, 6) is 1.27. The second-order valence-electron chi connectivity index (χ2n) is 7.05. The third-order valence-corrected chi connectivity index (χ3v) is 4.62. The standard InChI is InChI=1S/C24H24ClN3O4/c1-28(15-23(29)26-18-9-11-19(31-2)12-10-18)16-24(30)27-21-14-17(25)8-13-22(21)32-20-6-4-3-5-7-20/h3-14H,15-16H2,1-2H3,(H,26,29)(H,27,30). The van der Waals surface area contributed by atoms with Crippen LogP contribution in [0, 0.1) is 0 Å². The maximum absolute atomic E-state index is 12.6. The molecule has 3 aromatic rings. The van der Waals surface area contributed by atoms with Crippen molar-refractivity contribution in [3.8, 4) is 17.2 Å². The van der Waals surface area contributed by atoms with Crippen molar-refractivity contribution in [2.75, 3.05) is 37.9 Å². The number of ether oxygens (including phenoxy) is 2. The fourth-order valence-corrected chi connectivity index (χ4v) is 3.09. The van der Waals surface area contributed by atoms with E-state index in [1.807, 2.05) is 30.3 Å². The van der Waals surface area contributed by atoms with Gasteiger partial charge in [0.25, 0.3) is 0 Å². The lowest BCUT2D eigenvalue weighted by Gasteiger charge is -2.17. The number of halogens is 1. The van der Waals surface area contributed by atoms with E-state index in [4.69, 9.17) is 21.1 Å². The van der Waals surface area contributed by atoms with Crippen molar-refractivity contribution in [1.29, 1.82) is 0 Å². The number of nitrogens with one attached hydrogen (secondary N) is 2. The maximum Gasteiger partial charge on any atom is 0.238 e. The summed E-state index contributed by atoms with van der Waals surface area (Å²) in [7, 11) is 3.26. The van der Waals surface area contributed by atoms with E-state index in [0.29, 0.717) is 33.6 Å². The van der Waals surface area contributed by atoms with Gasteiger partial charge in [0, 0.05) is 10.7 Å². The van der Waals surface area contributed by atoms with E-state index in [9.17, 15) is 9.59 Å². The van der Waals surface area contributed by atoms with Crippen LogP contribution < -0.4 is 20.1 Å². The van der Waals surface area contributed by atoms with Crippen molar-refractivity contribution in [2.45, 2.75) is 0 Å². The monoisotopic (exact) mass is 453 g/mol. The number of nitrogens with zero attached hydrogens (tertiary/aromatic N) is 1. The summed E-state index contributed by atoms with van der Waals surface area (Å²) in [6.07, 6.45) is 0. The molecule has 8 heteroatoms. The molecule has 0 fully saturated rings. The molecule has 0 atom stereocenters. The lowest BCUT2D eigenvalue weighted by molar-refractivity contribution is -0.119. The Morgan fingerprint density at radius 1 is 0.875 bits per heavy atom. The van der Waals surface area contributed by atoms with Crippen LogP contribution >= 0.6 is 11.6 Å². The van der Waals surface area contributed by atoms with Crippen LogP contribution in [0.1, 0.15) is 0 Å². The first-order valence-electron chi connectivity index (χ1n) is 9.87. The molecule has 0 aliphatic rings. The fraction of sp³-hybridized carbons (Fsp3) is 0.167. The van der Waals surface area contributed by atoms with E-state index in [2.05, 4.69) is 10.6 Å². The Kier molecular flexibility index (Phi) is 8.08. The van der Waals surface area contributed by atoms with Crippen molar-refractivity contribution in [2.24, 2.45) is 0 Å². The Balaban J connectivity index is 1.55. The first kappa shape index (κ1) is 23.1. The predicted molar refractivity (Wildman–Crippen MR) is 126 cm³/mol. The highest BCUT2D eigenvalue weighted by molar-refractivity contribution is 6.31. The van der Waals surface area contributed by atoms with Gasteiger partial charge in [-0.05, 0) is 61.6 Å². The number of rotatable bonds is 9. The van der Waals surface area contributed by atoms with E-state index < -0.39 is 0 Å². The lowest BCUT2D eigenvalue weighted by Crippen LogP contribution is -2.36. The number of para-hydroxylation sites is 1. The summed E-state index contributed by atoms with van der Waals surface area (Å²) in [6, 6.07) is 21.2. The molecular formula is C24H24ClN3O4. The minimum Gasteiger partial charge on any atom is -0.497 e. The topological polar surface area (TPSA) is 79.9 Å². The molecule has 2 amide bonds. The largest absolute Gasteiger partial charge is 0.497 e. The van der Waals surface area contributed by atoms with Crippen LogP contribution in [0.3, 0.4) is 0 Å². The van der Waals surface area contributed by atoms with Crippen LogP contribution in [-0.4, -0.2) is 44.0 Å². The zero-order valence-electron chi connectivity index (χ0n) is 17.8. The molecule has 0 aliphatic carbocycles. The van der Waals surface area contributed by atoms with Crippen molar-refractivity contribution in [1.82, 2.24) is 4.90 Å². The summed E-state index contributed by atoms with van der Waals surface area (Å²) >= 11 is 6.10. The highest BCUT2D eigenvalue weighted by Crippen LogP contribution is 2.32. The normalized spacial score (nSPS) is 10.5. The molecule has 7 nitrogen and oxygen atoms in total. The minimum absolute atomic E-state index is 0.00726. The predicted octanol–water partition coefficient (Wildman–Crippen LogP) is 4.65. The van der Waals surface area contributed by atoms with Crippen LogP contribution in [0.25, 0.3) is 0 Å². The Labute approximate surface area is 191 Å². The number of amides is 2. The van der Waals surface area contributed by atoms with Gasteiger partial charge in [-0.1, -0.05) is 29.8 Å². The first-order chi connectivity index (χ1) is 15.4. The molecule has 0 bridgehead atoms. The average molecular weight is 454 g/mol. The fourth-order valence-electron chi connectivity index (χ4n) is 2.92. The Bertz CT molecular complexity index is 1060. The van der Waals surface area contributed by atoms with Gasteiger partial charge in [0.2, 0.25) is 11.8 Å². The zero-order chi connectivity index (χ0) is 22.9. The second-order valence-corrected chi connectivity index (χ2v) is 7.49. The average Bonchev–Trinajstić information content (AvgIpc) is 2.76. The summed E-state index contributed by atoms with van der Waals surface area (Å²) in [4.78, 5) is 26.4.